The molecule has 0 spiro atoms. The van der Waals surface area contributed by atoms with Crippen LogP contribution in [0.1, 0.15) is 33.1 Å². The molecule has 4 heteroatoms. The highest BCUT2D eigenvalue weighted by Gasteiger charge is 2.27. The molecular weight excluding hydrogens is 228 g/mol. The lowest BCUT2D eigenvalue weighted by atomic mass is 9.85. The highest BCUT2D eigenvalue weighted by molar-refractivity contribution is 5.76. The lowest BCUT2D eigenvalue weighted by Crippen LogP contribution is -2.48. The van der Waals surface area contributed by atoms with Gasteiger partial charge in [-0.15, -0.1) is 0 Å². The Morgan fingerprint density at radius 3 is 3.06 bits per heavy atom. The van der Waals surface area contributed by atoms with Gasteiger partial charge in [0, 0.05) is 13.0 Å². The summed E-state index contributed by atoms with van der Waals surface area (Å²) in [4.78, 5) is 14.3. The number of ether oxygens (including phenoxy) is 1. The number of hydrogen-bond donors (Lipinski definition) is 1. The van der Waals surface area contributed by atoms with Gasteiger partial charge in [0.05, 0.1) is 19.3 Å². The van der Waals surface area contributed by atoms with Crippen molar-refractivity contribution in [2.45, 2.75) is 39.2 Å². The Morgan fingerprint density at radius 2 is 2.39 bits per heavy atom. The van der Waals surface area contributed by atoms with Gasteiger partial charge in [-0.2, -0.15) is 0 Å². The Labute approximate surface area is 110 Å². The first-order valence-corrected chi connectivity index (χ1v) is 7.26. The van der Waals surface area contributed by atoms with E-state index in [2.05, 4.69) is 19.2 Å². The topological polar surface area (TPSA) is 41.6 Å². The van der Waals surface area contributed by atoms with Crippen LogP contribution in [0.3, 0.4) is 0 Å². The quantitative estimate of drug-likeness (QED) is 0.824. The van der Waals surface area contributed by atoms with E-state index < -0.39 is 0 Å². The minimum atomic E-state index is 0.239. The summed E-state index contributed by atoms with van der Waals surface area (Å²) in [6.45, 7) is 8.64. The molecule has 1 N–H and O–H groups in total. The van der Waals surface area contributed by atoms with Crippen molar-refractivity contribution in [3.8, 4) is 0 Å². The van der Waals surface area contributed by atoms with E-state index in [1.54, 1.807) is 0 Å². The molecule has 4 nitrogen and oxygen atoms in total. The van der Waals surface area contributed by atoms with Gasteiger partial charge in [0.1, 0.15) is 0 Å². The third-order valence-corrected chi connectivity index (χ3v) is 4.32. The van der Waals surface area contributed by atoms with Gasteiger partial charge in [-0.3, -0.25) is 4.79 Å². The van der Waals surface area contributed by atoms with E-state index >= 15 is 0 Å². The number of piperidine rings is 1. The van der Waals surface area contributed by atoms with Gasteiger partial charge < -0.3 is 15.0 Å². The average Bonchev–Trinajstić information content (AvgIpc) is 2.40. The van der Waals surface area contributed by atoms with E-state index in [0.717, 1.165) is 19.6 Å². The SMILES string of the molecule is CC(CC(=O)N1CCOC[C@H]1C)C1CCCNC1. The average molecular weight is 254 g/mol. The van der Waals surface area contributed by atoms with Crippen LogP contribution in [-0.2, 0) is 9.53 Å². The Hall–Kier alpha value is -0.610. The fraction of sp³-hybridized carbons (Fsp3) is 0.929. The molecule has 2 aliphatic heterocycles. The maximum absolute atomic E-state index is 12.3. The monoisotopic (exact) mass is 254 g/mol. The molecule has 0 saturated carbocycles. The molecule has 2 aliphatic rings. The highest BCUT2D eigenvalue weighted by Crippen LogP contribution is 2.23. The molecule has 0 aromatic rings. The van der Waals surface area contributed by atoms with E-state index in [0.29, 0.717) is 37.4 Å². The minimum absolute atomic E-state index is 0.239. The van der Waals surface area contributed by atoms with Crippen molar-refractivity contribution >= 4 is 5.91 Å². The number of carbonyl (C=O) groups excluding carboxylic acids is 1. The second-order valence-corrected chi connectivity index (χ2v) is 5.80. The second-order valence-electron chi connectivity index (χ2n) is 5.80. The minimum Gasteiger partial charge on any atom is -0.377 e. The third kappa shape index (κ3) is 3.45. The second kappa shape index (κ2) is 6.53. The van der Waals surface area contributed by atoms with Crippen LogP contribution in [0.15, 0.2) is 0 Å². The van der Waals surface area contributed by atoms with Gasteiger partial charge in [-0.05, 0) is 44.7 Å². The Kier molecular flexibility index (Phi) is 5.01. The number of morpholine rings is 1. The van der Waals surface area contributed by atoms with E-state index in [1.807, 2.05) is 4.90 Å². The summed E-state index contributed by atoms with van der Waals surface area (Å²) in [5.74, 6) is 1.46. The number of nitrogens with zero attached hydrogens (tertiary/aromatic N) is 1. The van der Waals surface area contributed by atoms with Gasteiger partial charge in [-0.25, -0.2) is 0 Å². The normalized spacial score (nSPS) is 31.1. The summed E-state index contributed by atoms with van der Waals surface area (Å²) in [6, 6.07) is 0.239. The maximum atomic E-state index is 12.3. The molecule has 2 heterocycles. The zero-order valence-corrected chi connectivity index (χ0v) is 11.7. The molecule has 104 valence electrons. The number of rotatable bonds is 3. The van der Waals surface area contributed by atoms with Crippen molar-refractivity contribution < 1.29 is 9.53 Å². The van der Waals surface area contributed by atoms with E-state index in [-0.39, 0.29) is 6.04 Å². The maximum Gasteiger partial charge on any atom is 0.223 e. The van der Waals surface area contributed by atoms with Crippen LogP contribution < -0.4 is 5.32 Å². The van der Waals surface area contributed by atoms with Crippen LogP contribution >= 0.6 is 0 Å². The molecule has 2 saturated heterocycles. The van der Waals surface area contributed by atoms with E-state index in [1.165, 1.54) is 12.8 Å². The molecular formula is C14H26N2O2. The molecule has 0 aromatic carbocycles. The zero-order chi connectivity index (χ0) is 13.0. The summed E-state index contributed by atoms with van der Waals surface area (Å²) in [5.41, 5.74) is 0. The predicted octanol–water partition coefficient (Wildman–Crippen LogP) is 1.26. The first-order chi connectivity index (χ1) is 8.68. The first kappa shape index (κ1) is 13.8. The van der Waals surface area contributed by atoms with E-state index in [9.17, 15) is 4.79 Å². The van der Waals surface area contributed by atoms with Crippen LogP contribution in [0.5, 0.6) is 0 Å². The van der Waals surface area contributed by atoms with Crippen LogP contribution in [0.4, 0.5) is 0 Å². The molecule has 0 aliphatic carbocycles. The highest BCUT2D eigenvalue weighted by atomic mass is 16.5. The van der Waals surface area contributed by atoms with Crippen molar-refractivity contribution in [3.05, 3.63) is 0 Å². The smallest absolute Gasteiger partial charge is 0.223 e. The van der Waals surface area contributed by atoms with Gasteiger partial charge in [-0.1, -0.05) is 6.92 Å². The lowest BCUT2D eigenvalue weighted by Gasteiger charge is -2.35. The molecule has 2 fully saturated rings. The molecule has 0 aromatic heterocycles. The van der Waals surface area contributed by atoms with E-state index in [4.69, 9.17) is 4.74 Å². The van der Waals surface area contributed by atoms with Crippen LogP contribution in [0.25, 0.3) is 0 Å². The van der Waals surface area contributed by atoms with Gasteiger partial charge >= 0.3 is 0 Å². The molecule has 0 radical (unpaired) electrons. The van der Waals surface area contributed by atoms with Gasteiger partial charge in [0.2, 0.25) is 5.91 Å². The molecule has 18 heavy (non-hydrogen) atoms. The Bertz CT molecular complexity index is 277. The van der Waals surface area contributed by atoms with Crippen LogP contribution in [0, 0.1) is 11.8 Å². The van der Waals surface area contributed by atoms with Crippen LogP contribution in [0.2, 0.25) is 0 Å². The van der Waals surface area contributed by atoms with Gasteiger partial charge in [0.15, 0.2) is 0 Å². The third-order valence-electron chi connectivity index (χ3n) is 4.32. The summed E-state index contributed by atoms with van der Waals surface area (Å²) in [6.07, 6.45) is 3.20. The fourth-order valence-corrected chi connectivity index (χ4v) is 3.02. The molecule has 0 bridgehead atoms. The van der Waals surface area contributed by atoms with Crippen LogP contribution in [-0.4, -0.2) is 49.7 Å². The summed E-state index contributed by atoms with van der Waals surface area (Å²) >= 11 is 0. The zero-order valence-electron chi connectivity index (χ0n) is 11.7. The predicted molar refractivity (Wildman–Crippen MR) is 71.4 cm³/mol. The summed E-state index contributed by atoms with van der Waals surface area (Å²) in [5, 5.41) is 3.43. The molecule has 2 unspecified atom stereocenters. The first-order valence-electron chi connectivity index (χ1n) is 7.26. The Balaban J connectivity index is 1.81. The molecule has 3 atom stereocenters. The number of carbonyl (C=O) groups is 1. The van der Waals surface area contributed by atoms with Crippen molar-refractivity contribution in [2.24, 2.45) is 11.8 Å². The standard InChI is InChI=1S/C14H26N2O2/c1-11(13-4-3-5-15-9-13)8-14(17)16-6-7-18-10-12(16)2/h11-13,15H,3-10H2,1-2H3/t11?,12-,13?/m1/s1. The number of amides is 1. The van der Waals surface area contributed by atoms with Crippen molar-refractivity contribution in [3.63, 3.8) is 0 Å². The number of hydrogen-bond acceptors (Lipinski definition) is 3. The fourth-order valence-electron chi connectivity index (χ4n) is 3.02. The van der Waals surface area contributed by atoms with Crippen molar-refractivity contribution in [1.82, 2.24) is 10.2 Å². The lowest BCUT2D eigenvalue weighted by molar-refractivity contribution is -0.140. The molecule has 2 rings (SSSR count). The largest absolute Gasteiger partial charge is 0.377 e. The molecule has 1 amide bonds. The van der Waals surface area contributed by atoms with Crippen molar-refractivity contribution in [1.29, 1.82) is 0 Å². The Morgan fingerprint density at radius 1 is 1.56 bits per heavy atom. The van der Waals surface area contributed by atoms with Gasteiger partial charge in [0.25, 0.3) is 0 Å². The summed E-state index contributed by atoms with van der Waals surface area (Å²) < 4.78 is 5.38. The summed E-state index contributed by atoms with van der Waals surface area (Å²) in [7, 11) is 0. The van der Waals surface area contributed by atoms with Crippen molar-refractivity contribution in [2.75, 3.05) is 32.8 Å². The number of nitrogens with one attached hydrogen (secondary N) is 1.